The van der Waals surface area contributed by atoms with Crippen LogP contribution >= 0.6 is 12.2 Å². The fraction of sp³-hybridized carbons (Fsp3) is 0.227. The van der Waals surface area contributed by atoms with Crippen LogP contribution in [-0.2, 0) is 4.79 Å². The van der Waals surface area contributed by atoms with E-state index in [0.29, 0.717) is 11.3 Å². The number of piperidine rings is 1. The van der Waals surface area contributed by atoms with Gasteiger partial charge in [-0.25, -0.2) is 0 Å². The summed E-state index contributed by atoms with van der Waals surface area (Å²) >= 11 is 5.20. The smallest absolute Gasteiger partial charge is 0.253 e. The third-order valence-corrected chi connectivity index (χ3v) is 4.68. The largest absolute Gasteiger partial charge is 0.339 e. The minimum atomic E-state index is -0.318. The van der Waals surface area contributed by atoms with Gasteiger partial charge in [-0.3, -0.25) is 14.9 Å². The lowest BCUT2D eigenvalue weighted by Gasteiger charge is -2.26. The zero-order valence-electron chi connectivity index (χ0n) is 15.6. The van der Waals surface area contributed by atoms with Crippen LogP contribution in [0.25, 0.3) is 6.08 Å². The molecule has 1 fully saturated rings. The number of anilines is 1. The van der Waals surface area contributed by atoms with E-state index in [1.807, 2.05) is 41.3 Å². The second-order valence-electron chi connectivity index (χ2n) is 6.62. The first-order valence-corrected chi connectivity index (χ1v) is 9.77. The minimum absolute atomic E-state index is 0.0316. The fourth-order valence-corrected chi connectivity index (χ4v) is 3.28. The third-order valence-electron chi connectivity index (χ3n) is 4.47. The molecule has 0 aliphatic carbocycles. The van der Waals surface area contributed by atoms with E-state index >= 15 is 0 Å². The molecule has 0 saturated carbocycles. The number of amides is 2. The molecule has 28 heavy (non-hydrogen) atoms. The number of benzene rings is 2. The number of rotatable bonds is 4. The van der Waals surface area contributed by atoms with Gasteiger partial charge in [0.2, 0.25) is 5.91 Å². The number of carbonyl (C=O) groups excluding carboxylic acids is 2. The van der Waals surface area contributed by atoms with E-state index in [-0.39, 0.29) is 16.9 Å². The molecule has 3 rings (SSSR count). The van der Waals surface area contributed by atoms with Crippen LogP contribution in [0.3, 0.4) is 0 Å². The Balaban J connectivity index is 1.56. The first-order chi connectivity index (χ1) is 13.6. The van der Waals surface area contributed by atoms with Crippen molar-refractivity contribution in [3.8, 4) is 0 Å². The molecular formula is C22H23N3O2S. The van der Waals surface area contributed by atoms with Gasteiger partial charge in [0, 0.05) is 30.4 Å². The molecule has 1 aliphatic rings. The van der Waals surface area contributed by atoms with Crippen molar-refractivity contribution in [1.29, 1.82) is 0 Å². The molecule has 2 aromatic carbocycles. The zero-order valence-corrected chi connectivity index (χ0v) is 16.4. The topological polar surface area (TPSA) is 61.4 Å². The molecule has 0 bridgehead atoms. The zero-order chi connectivity index (χ0) is 19.8. The molecule has 0 spiro atoms. The molecule has 1 aliphatic heterocycles. The predicted octanol–water partition coefficient (Wildman–Crippen LogP) is 3.84. The van der Waals surface area contributed by atoms with E-state index in [0.717, 1.165) is 31.5 Å². The van der Waals surface area contributed by atoms with Crippen molar-refractivity contribution >= 4 is 40.9 Å². The van der Waals surface area contributed by atoms with Crippen LogP contribution in [0.4, 0.5) is 5.69 Å². The molecule has 2 N–H and O–H groups in total. The summed E-state index contributed by atoms with van der Waals surface area (Å²) in [6.45, 7) is 1.61. The lowest BCUT2D eigenvalue weighted by molar-refractivity contribution is -0.115. The van der Waals surface area contributed by atoms with Gasteiger partial charge in [0.15, 0.2) is 5.11 Å². The molecule has 6 heteroatoms. The van der Waals surface area contributed by atoms with Crippen molar-refractivity contribution in [3.05, 3.63) is 71.8 Å². The van der Waals surface area contributed by atoms with Gasteiger partial charge in [-0.15, -0.1) is 0 Å². The Morgan fingerprint density at radius 2 is 1.71 bits per heavy atom. The molecule has 5 nitrogen and oxygen atoms in total. The van der Waals surface area contributed by atoms with Crippen molar-refractivity contribution in [3.63, 3.8) is 0 Å². The minimum Gasteiger partial charge on any atom is -0.339 e. The van der Waals surface area contributed by atoms with Crippen LogP contribution in [0.2, 0.25) is 0 Å². The van der Waals surface area contributed by atoms with Crippen LogP contribution in [-0.4, -0.2) is 34.9 Å². The lowest BCUT2D eigenvalue weighted by Crippen LogP contribution is -2.35. The number of nitrogens with zero attached hydrogens (tertiary/aromatic N) is 1. The van der Waals surface area contributed by atoms with Gasteiger partial charge in [-0.1, -0.05) is 36.4 Å². The summed E-state index contributed by atoms with van der Waals surface area (Å²) in [5, 5.41) is 5.76. The highest BCUT2D eigenvalue weighted by Gasteiger charge is 2.18. The molecule has 0 radical (unpaired) electrons. The molecule has 2 aromatic rings. The first-order valence-electron chi connectivity index (χ1n) is 9.36. The molecule has 0 aromatic heterocycles. The van der Waals surface area contributed by atoms with Crippen LogP contribution < -0.4 is 10.6 Å². The average Bonchev–Trinajstić information content (AvgIpc) is 2.73. The van der Waals surface area contributed by atoms with E-state index < -0.39 is 0 Å². The molecule has 144 valence electrons. The summed E-state index contributed by atoms with van der Waals surface area (Å²) in [4.78, 5) is 26.5. The Kier molecular flexibility index (Phi) is 6.92. The van der Waals surface area contributed by atoms with Crippen LogP contribution in [0.1, 0.15) is 35.2 Å². The maximum atomic E-state index is 12.6. The average molecular weight is 394 g/mol. The van der Waals surface area contributed by atoms with Gasteiger partial charge in [0.25, 0.3) is 5.91 Å². The molecule has 0 atom stereocenters. The van der Waals surface area contributed by atoms with Crippen LogP contribution in [0, 0.1) is 0 Å². The summed E-state index contributed by atoms with van der Waals surface area (Å²) in [6.07, 6.45) is 6.43. The number of carbonyl (C=O) groups is 2. The van der Waals surface area contributed by atoms with Crippen molar-refractivity contribution < 1.29 is 9.59 Å². The second-order valence-corrected chi connectivity index (χ2v) is 7.03. The Labute approximate surface area is 170 Å². The van der Waals surface area contributed by atoms with Crippen LogP contribution in [0.5, 0.6) is 0 Å². The van der Waals surface area contributed by atoms with Crippen molar-refractivity contribution in [2.75, 3.05) is 18.4 Å². The van der Waals surface area contributed by atoms with Gasteiger partial charge in [0.05, 0.1) is 0 Å². The highest BCUT2D eigenvalue weighted by atomic mass is 32.1. The first kappa shape index (κ1) is 19.8. The maximum Gasteiger partial charge on any atom is 0.253 e. The molecule has 1 saturated heterocycles. The maximum absolute atomic E-state index is 12.6. The summed E-state index contributed by atoms with van der Waals surface area (Å²) in [5.41, 5.74) is 2.21. The van der Waals surface area contributed by atoms with Crippen LogP contribution in [0.15, 0.2) is 60.7 Å². The fourth-order valence-electron chi connectivity index (χ4n) is 3.06. The highest BCUT2D eigenvalue weighted by Crippen LogP contribution is 2.16. The summed E-state index contributed by atoms with van der Waals surface area (Å²) < 4.78 is 0. The van der Waals surface area contributed by atoms with Gasteiger partial charge >= 0.3 is 0 Å². The monoisotopic (exact) mass is 393 g/mol. The van der Waals surface area contributed by atoms with Gasteiger partial charge in [-0.2, -0.15) is 0 Å². The SMILES string of the molecule is O=C(/C=C/c1ccccc1)NC(=S)Nc1cccc(C(=O)N2CCCCC2)c1. The van der Waals surface area contributed by atoms with E-state index in [1.165, 1.54) is 12.5 Å². The quantitative estimate of drug-likeness (QED) is 0.612. The van der Waals surface area contributed by atoms with E-state index in [9.17, 15) is 9.59 Å². The Morgan fingerprint density at radius 1 is 0.964 bits per heavy atom. The van der Waals surface area contributed by atoms with E-state index in [2.05, 4.69) is 10.6 Å². The summed E-state index contributed by atoms with van der Waals surface area (Å²) in [5.74, 6) is -0.286. The standard InChI is InChI=1S/C22H23N3O2S/c26-20(13-12-17-8-3-1-4-9-17)24-22(28)23-19-11-7-10-18(16-19)21(27)25-14-5-2-6-15-25/h1,3-4,7-13,16H,2,5-6,14-15H2,(H2,23,24,26,28)/b13-12+. The second kappa shape index (κ2) is 9.80. The highest BCUT2D eigenvalue weighted by molar-refractivity contribution is 7.80. The van der Waals surface area contributed by atoms with Gasteiger partial charge in [0.1, 0.15) is 0 Å². The third kappa shape index (κ3) is 5.76. The molecular weight excluding hydrogens is 370 g/mol. The number of hydrogen-bond donors (Lipinski definition) is 2. The number of nitrogens with one attached hydrogen (secondary N) is 2. The number of hydrogen-bond acceptors (Lipinski definition) is 3. The van der Waals surface area contributed by atoms with Crippen molar-refractivity contribution in [2.24, 2.45) is 0 Å². The Hall–Kier alpha value is -2.99. The number of likely N-dealkylation sites (tertiary alicyclic amines) is 1. The Bertz CT molecular complexity index is 874. The van der Waals surface area contributed by atoms with E-state index in [4.69, 9.17) is 12.2 Å². The summed E-state index contributed by atoms with van der Waals surface area (Å²) in [6, 6.07) is 16.7. The van der Waals surface area contributed by atoms with Crippen molar-refractivity contribution in [1.82, 2.24) is 10.2 Å². The molecule has 1 heterocycles. The Morgan fingerprint density at radius 3 is 2.46 bits per heavy atom. The van der Waals surface area contributed by atoms with Crippen molar-refractivity contribution in [2.45, 2.75) is 19.3 Å². The predicted molar refractivity (Wildman–Crippen MR) is 116 cm³/mol. The lowest BCUT2D eigenvalue weighted by atomic mass is 10.1. The molecule has 0 unspecified atom stereocenters. The molecule has 2 amide bonds. The summed E-state index contributed by atoms with van der Waals surface area (Å²) in [7, 11) is 0. The number of thiocarbonyl (C=S) groups is 1. The van der Waals surface area contributed by atoms with Gasteiger partial charge < -0.3 is 10.2 Å². The van der Waals surface area contributed by atoms with Gasteiger partial charge in [-0.05, 0) is 61.3 Å². The normalized spacial score (nSPS) is 13.9. The van der Waals surface area contributed by atoms with E-state index in [1.54, 1.807) is 24.3 Å².